The van der Waals surface area contributed by atoms with E-state index in [0.717, 1.165) is 22.4 Å². The lowest BCUT2D eigenvalue weighted by Crippen LogP contribution is -2.52. The summed E-state index contributed by atoms with van der Waals surface area (Å²) in [5, 5.41) is 13.9. The van der Waals surface area contributed by atoms with E-state index in [-0.39, 0.29) is 18.2 Å². The highest BCUT2D eigenvalue weighted by Crippen LogP contribution is 2.37. The Hall–Kier alpha value is -4.08. The number of carbonyl (C=O) groups excluding carboxylic acids is 3. The molecule has 3 aliphatic heterocycles. The zero-order chi connectivity index (χ0) is 27.0. The summed E-state index contributed by atoms with van der Waals surface area (Å²) in [4.78, 5) is 45.1. The molecule has 0 saturated carbocycles. The van der Waals surface area contributed by atoms with E-state index in [1.165, 1.54) is 4.90 Å². The number of fused-ring (bicyclic) bond motifs is 1. The number of rotatable bonds is 6. The average molecular weight is 527 g/mol. The molecule has 9 nitrogen and oxygen atoms in total. The van der Waals surface area contributed by atoms with Crippen molar-refractivity contribution in [1.82, 2.24) is 20.1 Å². The average Bonchev–Trinajstić information content (AvgIpc) is 3.27. The van der Waals surface area contributed by atoms with Crippen molar-refractivity contribution >= 4 is 17.7 Å². The molecule has 3 aromatic rings. The molecule has 9 heteroatoms. The Morgan fingerprint density at radius 2 is 1.82 bits per heavy atom. The molecular weight excluding hydrogens is 496 g/mol. The Morgan fingerprint density at radius 3 is 2.59 bits per heavy atom. The Labute approximate surface area is 226 Å². The quantitative estimate of drug-likeness (QED) is 0.475. The second-order valence-corrected chi connectivity index (χ2v) is 10.5. The number of pyridine rings is 1. The van der Waals surface area contributed by atoms with E-state index in [9.17, 15) is 19.5 Å². The third kappa shape index (κ3) is 5.03. The van der Waals surface area contributed by atoms with Crippen LogP contribution < -0.4 is 10.1 Å². The van der Waals surface area contributed by atoms with Crippen LogP contribution in [0, 0.1) is 0 Å². The number of para-hydroxylation sites is 1. The second kappa shape index (κ2) is 10.2. The van der Waals surface area contributed by atoms with Crippen LogP contribution in [0.15, 0.2) is 66.9 Å². The molecule has 3 amide bonds. The number of hydrogen-bond donors (Lipinski definition) is 2. The number of piperidine rings is 2. The largest absolute Gasteiger partial charge is 0.439 e. The normalized spacial score (nSPS) is 21.0. The zero-order valence-electron chi connectivity index (χ0n) is 21.5. The van der Waals surface area contributed by atoms with Gasteiger partial charge in [-0.15, -0.1) is 0 Å². The molecule has 1 unspecified atom stereocenters. The van der Waals surface area contributed by atoms with Crippen LogP contribution in [-0.4, -0.2) is 56.7 Å². The van der Waals surface area contributed by atoms with Crippen molar-refractivity contribution in [2.75, 3.05) is 13.1 Å². The van der Waals surface area contributed by atoms with Crippen LogP contribution in [0.3, 0.4) is 0 Å². The van der Waals surface area contributed by atoms with Gasteiger partial charge in [-0.25, -0.2) is 4.98 Å². The number of imide groups is 1. The lowest BCUT2D eigenvalue weighted by Gasteiger charge is -2.38. The van der Waals surface area contributed by atoms with Gasteiger partial charge >= 0.3 is 0 Å². The minimum absolute atomic E-state index is 0.210. The molecule has 2 aromatic carbocycles. The predicted octanol–water partition coefficient (Wildman–Crippen LogP) is 3.12. The summed E-state index contributed by atoms with van der Waals surface area (Å²) < 4.78 is 6.02. The molecule has 2 N–H and O–H groups in total. The molecule has 0 radical (unpaired) electrons. The number of aliphatic hydroxyl groups is 1. The molecule has 200 valence electrons. The highest BCUT2D eigenvalue weighted by Gasteiger charge is 2.41. The summed E-state index contributed by atoms with van der Waals surface area (Å²) in [5.41, 5.74) is 2.11. The maximum Gasteiger partial charge on any atom is 0.255 e. The number of benzene rings is 2. The monoisotopic (exact) mass is 526 g/mol. The molecule has 2 fully saturated rings. The van der Waals surface area contributed by atoms with Crippen LogP contribution >= 0.6 is 0 Å². The zero-order valence-corrected chi connectivity index (χ0v) is 21.5. The van der Waals surface area contributed by atoms with E-state index >= 15 is 0 Å². The highest BCUT2D eigenvalue weighted by molar-refractivity contribution is 6.05. The number of ether oxygens (including phenoxy) is 1. The Kier molecular flexibility index (Phi) is 6.62. The summed E-state index contributed by atoms with van der Waals surface area (Å²) in [6.07, 6.45) is 3.36. The fraction of sp³-hybridized carbons (Fsp3) is 0.333. The van der Waals surface area contributed by atoms with Gasteiger partial charge in [0.2, 0.25) is 17.7 Å². The molecule has 2 saturated heterocycles. The molecular formula is C30H30N4O5. The van der Waals surface area contributed by atoms with E-state index < -0.39 is 17.6 Å². The molecule has 0 bridgehead atoms. The predicted molar refractivity (Wildman–Crippen MR) is 142 cm³/mol. The van der Waals surface area contributed by atoms with E-state index in [0.29, 0.717) is 56.9 Å². The van der Waals surface area contributed by atoms with E-state index in [2.05, 4.69) is 15.2 Å². The first-order valence-corrected chi connectivity index (χ1v) is 13.3. The smallest absolute Gasteiger partial charge is 0.255 e. The molecule has 4 heterocycles. The topological polar surface area (TPSA) is 112 Å². The summed E-state index contributed by atoms with van der Waals surface area (Å²) >= 11 is 0. The van der Waals surface area contributed by atoms with E-state index in [1.807, 2.05) is 54.6 Å². The summed E-state index contributed by atoms with van der Waals surface area (Å²) in [6, 6.07) is 18.3. The number of aromatic nitrogens is 1. The van der Waals surface area contributed by atoms with Crippen LogP contribution in [0.25, 0.3) is 0 Å². The third-order valence-electron chi connectivity index (χ3n) is 7.95. The lowest BCUT2D eigenvalue weighted by atomic mass is 9.83. The molecule has 1 atom stereocenters. The summed E-state index contributed by atoms with van der Waals surface area (Å²) in [5.74, 6) is 0.368. The number of nitrogens with zero attached hydrogens (tertiary/aromatic N) is 3. The van der Waals surface area contributed by atoms with Crippen molar-refractivity contribution in [2.24, 2.45) is 0 Å². The van der Waals surface area contributed by atoms with Gasteiger partial charge in [0, 0.05) is 49.9 Å². The van der Waals surface area contributed by atoms with Crippen LogP contribution in [0.1, 0.15) is 52.7 Å². The van der Waals surface area contributed by atoms with E-state index in [4.69, 9.17) is 4.74 Å². The van der Waals surface area contributed by atoms with Crippen LogP contribution in [0.5, 0.6) is 11.6 Å². The van der Waals surface area contributed by atoms with Crippen molar-refractivity contribution in [3.63, 3.8) is 0 Å². The Bertz CT molecular complexity index is 1420. The number of amides is 3. The number of likely N-dealkylation sites (tertiary alicyclic amines) is 1. The molecule has 39 heavy (non-hydrogen) atoms. The summed E-state index contributed by atoms with van der Waals surface area (Å²) in [7, 11) is 0. The molecule has 3 aliphatic rings. The van der Waals surface area contributed by atoms with Crippen molar-refractivity contribution < 1.29 is 24.2 Å². The minimum atomic E-state index is -1.01. The van der Waals surface area contributed by atoms with Gasteiger partial charge < -0.3 is 14.7 Å². The summed E-state index contributed by atoms with van der Waals surface area (Å²) in [6.45, 7) is 2.33. The SMILES string of the molecule is O=C1CCC(N2Cc3cc(C4(O)CCN(Cc5cccnc5Oc5ccccc5)CC4)ccc3C2=O)C(=O)N1. The Balaban J connectivity index is 1.11. The maximum atomic E-state index is 13.0. The first-order chi connectivity index (χ1) is 18.9. The van der Waals surface area contributed by atoms with Crippen molar-refractivity contribution in [1.29, 1.82) is 0 Å². The van der Waals surface area contributed by atoms with Gasteiger partial charge in [-0.3, -0.25) is 24.6 Å². The minimum Gasteiger partial charge on any atom is -0.439 e. The second-order valence-electron chi connectivity index (χ2n) is 10.5. The van der Waals surface area contributed by atoms with Gasteiger partial charge in [0.05, 0.1) is 5.60 Å². The van der Waals surface area contributed by atoms with Crippen LogP contribution in [0.4, 0.5) is 0 Å². The molecule has 6 rings (SSSR count). The number of carbonyl (C=O) groups is 3. The fourth-order valence-corrected chi connectivity index (χ4v) is 5.71. The first-order valence-electron chi connectivity index (χ1n) is 13.3. The number of hydrogen-bond acceptors (Lipinski definition) is 7. The molecule has 1 aromatic heterocycles. The lowest BCUT2D eigenvalue weighted by molar-refractivity contribution is -0.136. The molecule has 0 aliphatic carbocycles. The standard InChI is InChI=1S/C30H30N4O5/c35-26-11-10-25(27(36)32-26)34-19-21-17-22(8-9-24(21)29(34)37)30(38)12-15-33(16-13-30)18-20-5-4-14-31-28(20)39-23-6-2-1-3-7-23/h1-9,14,17,25,38H,10-13,15-16,18-19H2,(H,32,35,36). The van der Waals surface area contributed by atoms with Crippen molar-refractivity contribution in [3.8, 4) is 11.6 Å². The number of nitrogens with one attached hydrogen (secondary N) is 1. The first kappa shape index (κ1) is 25.2. The Morgan fingerprint density at radius 1 is 1.03 bits per heavy atom. The fourth-order valence-electron chi connectivity index (χ4n) is 5.71. The highest BCUT2D eigenvalue weighted by atomic mass is 16.5. The van der Waals surface area contributed by atoms with Crippen molar-refractivity contribution in [2.45, 2.75) is 50.4 Å². The van der Waals surface area contributed by atoms with Gasteiger partial charge in [-0.2, -0.15) is 0 Å². The maximum absolute atomic E-state index is 13.0. The van der Waals surface area contributed by atoms with Gasteiger partial charge in [-0.05, 0) is 54.7 Å². The van der Waals surface area contributed by atoms with Gasteiger partial charge in [0.15, 0.2) is 0 Å². The molecule has 0 spiro atoms. The van der Waals surface area contributed by atoms with Crippen LogP contribution in [-0.2, 0) is 28.3 Å². The third-order valence-corrected chi connectivity index (χ3v) is 7.95. The van der Waals surface area contributed by atoms with Gasteiger partial charge in [0.25, 0.3) is 5.91 Å². The van der Waals surface area contributed by atoms with Crippen molar-refractivity contribution in [3.05, 3.63) is 89.1 Å². The van der Waals surface area contributed by atoms with Gasteiger partial charge in [0.1, 0.15) is 11.8 Å². The van der Waals surface area contributed by atoms with E-state index in [1.54, 1.807) is 12.3 Å². The van der Waals surface area contributed by atoms with Gasteiger partial charge in [-0.1, -0.05) is 36.4 Å². The van der Waals surface area contributed by atoms with Crippen LogP contribution in [0.2, 0.25) is 0 Å².